The van der Waals surface area contributed by atoms with E-state index in [4.69, 9.17) is 0 Å². The summed E-state index contributed by atoms with van der Waals surface area (Å²) in [6.45, 7) is 8.59. The zero-order chi connectivity index (χ0) is 26.4. The van der Waals surface area contributed by atoms with Gasteiger partial charge in [0.05, 0.1) is 4.90 Å². The van der Waals surface area contributed by atoms with Gasteiger partial charge in [-0.3, -0.25) is 4.72 Å². The van der Waals surface area contributed by atoms with Gasteiger partial charge in [0.2, 0.25) is 0 Å². The van der Waals surface area contributed by atoms with Crippen molar-refractivity contribution in [3.63, 3.8) is 0 Å². The number of likely N-dealkylation sites (N-methyl/N-ethyl adjacent to an activating group) is 1. The van der Waals surface area contributed by atoms with Gasteiger partial charge in [0.25, 0.3) is 10.0 Å². The first kappa shape index (κ1) is 27.4. The maximum absolute atomic E-state index is 13.2. The van der Waals surface area contributed by atoms with Gasteiger partial charge in [0.1, 0.15) is 5.82 Å². The molecule has 0 spiro atoms. The van der Waals surface area contributed by atoms with Crippen LogP contribution in [0.5, 0.6) is 0 Å². The molecular weight excluding hydrogens is 491 g/mol. The Hall–Kier alpha value is -2.65. The predicted molar refractivity (Wildman–Crippen MR) is 145 cm³/mol. The molecule has 1 unspecified atom stereocenters. The first-order chi connectivity index (χ1) is 17.8. The predicted octanol–water partition coefficient (Wildman–Crippen LogP) is 4.64. The minimum Gasteiger partial charge on any atom is -0.338 e. The monoisotopic (exact) mass is 530 g/mol. The van der Waals surface area contributed by atoms with Gasteiger partial charge in [-0.1, -0.05) is 19.9 Å². The molecule has 1 saturated heterocycles. The smallest absolute Gasteiger partial charge is 0.317 e. The van der Waals surface area contributed by atoms with Gasteiger partial charge in [-0.2, -0.15) is 0 Å². The minimum atomic E-state index is -3.79. The Morgan fingerprint density at radius 2 is 1.78 bits per heavy atom. The molecule has 37 heavy (non-hydrogen) atoms. The maximum Gasteiger partial charge on any atom is 0.317 e. The molecule has 1 heterocycles. The van der Waals surface area contributed by atoms with Crippen molar-refractivity contribution in [3.05, 3.63) is 59.4 Å². The summed E-state index contributed by atoms with van der Waals surface area (Å²) in [4.78, 5) is 16.8. The molecule has 0 aromatic heterocycles. The number of nitrogens with one attached hydrogen (secondary N) is 2. The van der Waals surface area contributed by atoms with E-state index in [-0.39, 0.29) is 10.9 Å². The highest BCUT2D eigenvalue weighted by Gasteiger charge is 2.28. The average molecular weight is 531 g/mol. The van der Waals surface area contributed by atoms with E-state index in [1.165, 1.54) is 23.3 Å². The molecule has 1 aliphatic heterocycles. The molecule has 202 valence electrons. The Kier molecular flexibility index (Phi) is 9.08. The second-order valence-electron chi connectivity index (χ2n) is 10.2. The number of likely N-dealkylation sites (tertiary alicyclic amines) is 1. The Morgan fingerprint density at radius 3 is 2.46 bits per heavy atom. The zero-order valence-corrected chi connectivity index (χ0v) is 22.7. The number of hydrogen-bond donors (Lipinski definition) is 2. The van der Waals surface area contributed by atoms with Gasteiger partial charge in [-0.25, -0.2) is 17.6 Å². The third kappa shape index (κ3) is 7.02. The number of halogens is 1. The van der Waals surface area contributed by atoms with Crippen molar-refractivity contribution in [1.82, 2.24) is 15.1 Å². The second-order valence-corrected chi connectivity index (χ2v) is 11.9. The quantitative estimate of drug-likeness (QED) is 0.495. The largest absolute Gasteiger partial charge is 0.338 e. The summed E-state index contributed by atoms with van der Waals surface area (Å²) in [7, 11) is -3.79. The molecule has 1 aliphatic carbocycles. The fourth-order valence-electron chi connectivity index (χ4n) is 5.47. The Morgan fingerprint density at radius 1 is 1.05 bits per heavy atom. The van der Waals surface area contributed by atoms with Crippen molar-refractivity contribution >= 4 is 21.7 Å². The summed E-state index contributed by atoms with van der Waals surface area (Å²) in [6.07, 6.45) is 5.92. The number of rotatable bonds is 9. The summed E-state index contributed by atoms with van der Waals surface area (Å²) in [5.74, 6) is 0.104. The lowest BCUT2D eigenvalue weighted by Gasteiger charge is -2.39. The molecule has 0 radical (unpaired) electrons. The van der Waals surface area contributed by atoms with E-state index in [9.17, 15) is 17.6 Å². The van der Waals surface area contributed by atoms with Crippen LogP contribution in [0.25, 0.3) is 0 Å². The highest BCUT2D eigenvalue weighted by Crippen LogP contribution is 2.29. The van der Waals surface area contributed by atoms with Crippen LogP contribution in [0.3, 0.4) is 0 Å². The van der Waals surface area contributed by atoms with E-state index >= 15 is 0 Å². The molecule has 2 N–H and O–H groups in total. The third-order valence-electron chi connectivity index (χ3n) is 7.63. The lowest BCUT2D eigenvalue weighted by Crippen LogP contribution is -2.47. The Labute approximate surface area is 220 Å². The molecule has 0 bridgehead atoms. The number of carbonyl (C=O) groups is 1. The average Bonchev–Trinajstić information content (AvgIpc) is 2.90. The second kappa shape index (κ2) is 12.3. The molecule has 2 aromatic rings. The summed E-state index contributed by atoms with van der Waals surface area (Å²) >= 11 is 0. The first-order valence-electron chi connectivity index (χ1n) is 13.5. The number of nitrogens with zero attached hydrogens (tertiary/aromatic N) is 2. The van der Waals surface area contributed by atoms with Crippen LogP contribution in [0.15, 0.2) is 47.4 Å². The number of hydrogen-bond acceptors (Lipinski definition) is 4. The van der Waals surface area contributed by atoms with E-state index in [1.807, 2.05) is 23.1 Å². The Bertz CT molecular complexity index is 1160. The van der Waals surface area contributed by atoms with Crippen molar-refractivity contribution in [1.29, 1.82) is 0 Å². The van der Waals surface area contributed by atoms with Crippen LogP contribution in [0.4, 0.5) is 14.9 Å². The number of anilines is 1. The van der Waals surface area contributed by atoms with Gasteiger partial charge in [-0.05, 0) is 98.5 Å². The van der Waals surface area contributed by atoms with E-state index in [0.29, 0.717) is 17.6 Å². The van der Waals surface area contributed by atoms with Gasteiger partial charge >= 0.3 is 6.03 Å². The number of aryl methyl sites for hydroxylation is 1. The molecular formula is C28H39FN4O3S. The number of fused-ring (bicyclic) bond motifs is 1. The zero-order valence-electron chi connectivity index (χ0n) is 21.9. The molecule has 2 amide bonds. The van der Waals surface area contributed by atoms with E-state index in [1.54, 1.807) is 0 Å². The Balaban J connectivity index is 1.36. The lowest BCUT2D eigenvalue weighted by atomic mass is 9.86. The van der Waals surface area contributed by atoms with Gasteiger partial charge in [-0.15, -0.1) is 0 Å². The highest BCUT2D eigenvalue weighted by molar-refractivity contribution is 7.92. The molecule has 1 fully saturated rings. The molecule has 0 saturated carbocycles. The van der Waals surface area contributed by atoms with Crippen LogP contribution in [-0.2, 0) is 22.9 Å². The van der Waals surface area contributed by atoms with Crippen molar-refractivity contribution in [2.45, 2.75) is 63.3 Å². The van der Waals surface area contributed by atoms with Crippen molar-refractivity contribution < 1.29 is 17.6 Å². The first-order valence-corrected chi connectivity index (χ1v) is 14.9. The maximum atomic E-state index is 13.2. The SMILES string of the molecule is CCCNC(=O)N1CCC(CN(CC)C2CCc3ccc(NS(=O)(=O)c4ccc(F)cc4)cc3C2)CC1. The normalized spacial score (nSPS) is 18.5. The van der Waals surface area contributed by atoms with Crippen molar-refractivity contribution in [3.8, 4) is 0 Å². The molecule has 9 heteroatoms. The molecule has 1 atom stereocenters. The van der Waals surface area contributed by atoms with Crippen molar-refractivity contribution in [2.75, 3.05) is 37.4 Å². The molecule has 2 aliphatic rings. The number of carbonyl (C=O) groups excluding carboxylic acids is 1. The van der Waals surface area contributed by atoms with Crippen LogP contribution < -0.4 is 10.0 Å². The number of urea groups is 1. The van der Waals surface area contributed by atoms with Gasteiger partial charge in [0.15, 0.2) is 0 Å². The third-order valence-corrected chi connectivity index (χ3v) is 9.03. The number of piperidine rings is 1. The van der Waals surface area contributed by atoms with Crippen LogP contribution in [-0.4, -0.2) is 63.0 Å². The molecule has 2 aromatic carbocycles. The van der Waals surface area contributed by atoms with E-state index < -0.39 is 15.8 Å². The molecule has 7 nitrogen and oxygen atoms in total. The topological polar surface area (TPSA) is 81.8 Å². The standard InChI is InChI=1S/C28H39FN4O3S/c1-3-15-30-28(34)33-16-13-21(14-17-33)20-32(4-2)26-10-6-22-5-9-25(18-23(22)19-26)31-37(35,36)27-11-7-24(29)8-12-27/h5,7-9,11-12,18,21,26,31H,3-4,6,10,13-17,19-20H2,1-2H3,(H,30,34). The lowest BCUT2D eigenvalue weighted by molar-refractivity contribution is 0.121. The van der Waals surface area contributed by atoms with Crippen LogP contribution >= 0.6 is 0 Å². The fraction of sp³-hybridized carbons (Fsp3) is 0.536. The molecule has 4 rings (SSSR count). The summed E-state index contributed by atoms with van der Waals surface area (Å²) in [5, 5.41) is 2.98. The summed E-state index contributed by atoms with van der Waals surface area (Å²) in [5.41, 5.74) is 2.97. The highest BCUT2D eigenvalue weighted by atomic mass is 32.2. The van der Waals surface area contributed by atoms with Crippen LogP contribution in [0.1, 0.15) is 50.7 Å². The van der Waals surface area contributed by atoms with Crippen LogP contribution in [0.2, 0.25) is 0 Å². The van der Waals surface area contributed by atoms with Gasteiger partial charge in [0, 0.05) is 37.9 Å². The van der Waals surface area contributed by atoms with Gasteiger partial charge < -0.3 is 15.1 Å². The number of benzene rings is 2. The summed E-state index contributed by atoms with van der Waals surface area (Å²) in [6, 6.07) is 11.1. The van der Waals surface area contributed by atoms with Crippen molar-refractivity contribution in [2.24, 2.45) is 5.92 Å². The van der Waals surface area contributed by atoms with E-state index in [0.717, 1.165) is 83.4 Å². The summed E-state index contributed by atoms with van der Waals surface area (Å²) < 4.78 is 41.4. The van der Waals surface area contributed by atoms with E-state index in [2.05, 4.69) is 28.8 Å². The van der Waals surface area contributed by atoms with Crippen LogP contribution in [0, 0.1) is 11.7 Å². The minimum absolute atomic E-state index is 0.0375. The number of sulfonamides is 1. The number of amides is 2. The fourth-order valence-corrected chi connectivity index (χ4v) is 6.52.